The average molecular weight is 233 g/mol. The SMILES string of the molecule is Cc1cc(C)c(-n2cn[nH]c2=O)c(C(=O)O)c1. The lowest BCUT2D eigenvalue weighted by Gasteiger charge is -2.10. The van der Waals surface area contributed by atoms with Crippen molar-refractivity contribution in [1.82, 2.24) is 14.8 Å². The predicted octanol–water partition coefficient (Wildman–Crippen LogP) is 0.876. The first-order chi connectivity index (χ1) is 8.00. The second-order valence-electron chi connectivity index (χ2n) is 3.81. The molecule has 6 heteroatoms. The largest absolute Gasteiger partial charge is 0.478 e. The van der Waals surface area contributed by atoms with E-state index in [1.807, 2.05) is 6.07 Å². The monoisotopic (exact) mass is 233 g/mol. The number of aromatic nitrogens is 3. The van der Waals surface area contributed by atoms with E-state index in [-0.39, 0.29) is 5.56 Å². The number of H-pyrrole nitrogens is 1. The van der Waals surface area contributed by atoms with E-state index >= 15 is 0 Å². The molecule has 0 aliphatic rings. The van der Waals surface area contributed by atoms with Crippen molar-refractivity contribution in [1.29, 1.82) is 0 Å². The molecular formula is C11H11N3O3. The van der Waals surface area contributed by atoms with Gasteiger partial charge < -0.3 is 5.11 Å². The van der Waals surface area contributed by atoms with Crippen molar-refractivity contribution in [3.63, 3.8) is 0 Å². The topological polar surface area (TPSA) is 88.0 Å². The maximum atomic E-state index is 11.5. The van der Waals surface area contributed by atoms with E-state index in [1.165, 1.54) is 17.0 Å². The molecular weight excluding hydrogens is 222 g/mol. The summed E-state index contributed by atoms with van der Waals surface area (Å²) in [7, 11) is 0. The number of rotatable bonds is 2. The molecule has 0 atom stereocenters. The van der Waals surface area contributed by atoms with E-state index in [0.717, 1.165) is 5.56 Å². The van der Waals surface area contributed by atoms with Gasteiger partial charge in [-0.15, -0.1) is 0 Å². The first kappa shape index (κ1) is 11.1. The van der Waals surface area contributed by atoms with Gasteiger partial charge in [-0.2, -0.15) is 5.10 Å². The van der Waals surface area contributed by atoms with E-state index in [2.05, 4.69) is 10.2 Å². The van der Waals surface area contributed by atoms with Gasteiger partial charge in [0.05, 0.1) is 11.3 Å². The highest BCUT2D eigenvalue weighted by atomic mass is 16.4. The van der Waals surface area contributed by atoms with Crippen LogP contribution in [-0.4, -0.2) is 25.8 Å². The van der Waals surface area contributed by atoms with Crippen LogP contribution in [0.25, 0.3) is 5.69 Å². The standard InChI is InChI=1S/C11H11N3O3/c1-6-3-7(2)9(8(4-6)10(15)16)14-5-12-13-11(14)17/h3-5H,1-2H3,(H,13,17)(H,15,16). The van der Waals surface area contributed by atoms with E-state index in [1.54, 1.807) is 13.8 Å². The summed E-state index contributed by atoms with van der Waals surface area (Å²) >= 11 is 0. The summed E-state index contributed by atoms with van der Waals surface area (Å²) in [6.45, 7) is 3.57. The van der Waals surface area contributed by atoms with E-state index in [9.17, 15) is 9.59 Å². The second kappa shape index (κ2) is 3.89. The van der Waals surface area contributed by atoms with Gasteiger partial charge in [0.15, 0.2) is 0 Å². The fraction of sp³-hybridized carbons (Fsp3) is 0.182. The highest BCUT2D eigenvalue weighted by molar-refractivity contribution is 5.92. The maximum absolute atomic E-state index is 11.5. The molecule has 88 valence electrons. The molecule has 2 N–H and O–H groups in total. The number of aromatic carboxylic acids is 1. The first-order valence-corrected chi connectivity index (χ1v) is 4.97. The van der Waals surface area contributed by atoms with E-state index in [0.29, 0.717) is 11.3 Å². The molecule has 6 nitrogen and oxygen atoms in total. The van der Waals surface area contributed by atoms with Gasteiger partial charge in [-0.25, -0.2) is 19.3 Å². The number of aromatic amines is 1. The van der Waals surface area contributed by atoms with Crippen molar-refractivity contribution >= 4 is 5.97 Å². The number of carbonyl (C=O) groups is 1. The lowest BCUT2D eigenvalue weighted by atomic mass is 10.0. The minimum Gasteiger partial charge on any atom is -0.478 e. The molecule has 2 aromatic rings. The Morgan fingerprint density at radius 3 is 2.65 bits per heavy atom. The zero-order valence-corrected chi connectivity index (χ0v) is 9.39. The maximum Gasteiger partial charge on any atom is 0.347 e. The Morgan fingerprint density at radius 2 is 2.12 bits per heavy atom. The molecule has 0 saturated heterocycles. The Hall–Kier alpha value is -2.37. The highest BCUT2D eigenvalue weighted by Gasteiger charge is 2.16. The fourth-order valence-corrected chi connectivity index (χ4v) is 1.85. The Morgan fingerprint density at radius 1 is 1.41 bits per heavy atom. The van der Waals surface area contributed by atoms with Crippen LogP contribution in [0.5, 0.6) is 0 Å². The second-order valence-corrected chi connectivity index (χ2v) is 3.81. The van der Waals surface area contributed by atoms with Crippen LogP contribution < -0.4 is 5.69 Å². The van der Waals surface area contributed by atoms with Crippen LogP contribution in [0.4, 0.5) is 0 Å². The van der Waals surface area contributed by atoms with Crippen LogP contribution >= 0.6 is 0 Å². The van der Waals surface area contributed by atoms with Crippen LogP contribution in [0.3, 0.4) is 0 Å². The number of carboxylic acids is 1. The number of aryl methyl sites for hydroxylation is 2. The third-order valence-corrected chi connectivity index (χ3v) is 2.47. The number of nitrogens with one attached hydrogen (secondary N) is 1. The lowest BCUT2D eigenvalue weighted by Crippen LogP contribution is -2.18. The molecule has 2 rings (SSSR count). The normalized spacial score (nSPS) is 10.5. The van der Waals surface area contributed by atoms with E-state index in [4.69, 9.17) is 5.11 Å². The lowest BCUT2D eigenvalue weighted by molar-refractivity contribution is 0.0696. The van der Waals surface area contributed by atoms with Crippen molar-refractivity contribution in [2.75, 3.05) is 0 Å². The average Bonchev–Trinajstić information content (AvgIpc) is 2.63. The van der Waals surface area contributed by atoms with Gasteiger partial charge in [-0.3, -0.25) is 0 Å². The fourth-order valence-electron chi connectivity index (χ4n) is 1.85. The molecule has 1 aromatic carbocycles. The Labute approximate surface area is 96.5 Å². The summed E-state index contributed by atoms with van der Waals surface area (Å²) in [5.41, 5.74) is 1.53. The zero-order valence-electron chi connectivity index (χ0n) is 9.39. The molecule has 0 radical (unpaired) electrons. The summed E-state index contributed by atoms with van der Waals surface area (Å²) in [6, 6.07) is 3.35. The van der Waals surface area contributed by atoms with Gasteiger partial charge in [0.2, 0.25) is 0 Å². The molecule has 0 fully saturated rings. The van der Waals surface area contributed by atoms with Crippen LogP contribution in [0.1, 0.15) is 21.5 Å². The minimum atomic E-state index is -1.07. The van der Waals surface area contributed by atoms with Crippen molar-refractivity contribution < 1.29 is 9.90 Å². The first-order valence-electron chi connectivity index (χ1n) is 4.97. The smallest absolute Gasteiger partial charge is 0.347 e. The number of hydrogen-bond acceptors (Lipinski definition) is 3. The number of hydrogen-bond donors (Lipinski definition) is 2. The van der Waals surface area contributed by atoms with Gasteiger partial charge in [0, 0.05) is 0 Å². The summed E-state index contributed by atoms with van der Waals surface area (Å²) in [4.78, 5) is 22.7. The van der Waals surface area contributed by atoms with E-state index < -0.39 is 11.7 Å². The minimum absolute atomic E-state index is 0.0889. The van der Waals surface area contributed by atoms with Crippen molar-refractivity contribution in [2.24, 2.45) is 0 Å². The predicted molar refractivity (Wildman–Crippen MR) is 60.6 cm³/mol. The van der Waals surface area contributed by atoms with Gasteiger partial charge in [0.1, 0.15) is 6.33 Å². The Balaban J connectivity index is 2.81. The number of carboxylic acid groups (broad SMARTS) is 1. The molecule has 1 heterocycles. The van der Waals surface area contributed by atoms with Gasteiger partial charge >= 0.3 is 11.7 Å². The molecule has 0 amide bonds. The summed E-state index contributed by atoms with van der Waals surface area (Å²) in [5.74, 6) is -1.07. The van der Waals surface area contributed by atoms with Gasteiger partial charge in [0.25, 0.3) is 0 Å². The summed E-state index contributed by atoms with van der Waals surface area (Å²) in [5, 5.41) is 15.0. The molecule has 0 spiro atoms. The molecule has 0 aliphatic carbocycles. The summed E-state index contributed by atoms with van der Waals surface area (Å²) in [6.07, 6.45) is 1.27. The molecule has 17 heavy (non-hydrogen) atoms. The van der Waals surface area contributed by atoms with Crippen molar-refractivity contribution in [3.8, 4) is 5.69 Å². The van der Waals surface area contributed by atoms with Crippen LogP contribution in [0.15, 0.2) is 23.3 Å². The van der Waals surface area contributed by atoms with Crippen molar-refractivity contribution in [2.45, 2.75) is 13.8 Å². The quantitative estimate of drug-likeness (QED) is 0.805. The zero-order chi connectivity index (χ0) is 12.6. The Kier molecular flexibility index (Phi) is 2.55. The van der Waals surface area contributed by atoms with Crippen LogP contribution in [0.2, 0.25) is 0 Å². The van der Waals surface area contributed by atoms with Crippen LogP contribution in [-0.2, 0) is 0 Å². The van der Waals surface area contributed by atoms with Gasteiger partial charge in [-0.1, -0.05) is 6.07 Å². The summed E-state index contributed by atoms with van der Waals surface area (Å²) < 4.78 is 1.19. The molecule has 1 aromatic heterocycles. The highest BCUT2D eigenvalue weighted by Crippen LogP contribution is 2.20. The molecule has 0 saturated carbocycles. The molecule has 0 unspecified atom stereocenters. The third kappa shape index (κ3) is 1.84. The van der Waals surface area contributed by atoms with Crippen molar-refractivity contribution in [3.05, 3.63) is 45.6 Å². The molecule has 0 aliphatic heterocycles. The number of nitrogens with zero attached hydrogens (tertiary/aromatic N) is 2. The van der Waals surface area contributed by atoms with Crippen LogP contribution in [0, 0.1) is 13.8 Å². The Bertz CT molecular complexity index is 640. The number of benzene rings is 1. The van der Waals surface area contributed by atoms with Gasteiger partial charge in [-0.05, 0) is 31.0 Å². The molecule has 0 bridgehead atoms. The third-order valence-electron chi connectivity index (χ3n) is 2.47.